The average molecular weight is 270 g/mol. The Hall–Kier alpha value is -1.41. The summed E-state index contributed by atoms with van der Waals surface area (Å²) in [5, 5.41) is 0. The maximum atomic E-state index is 5.53. The maximum Gasteiger partial charge on any atom is 0.132 e. The van der Waals surface area contributed by atoms with E-state index in [0.29, 0.717) is 0 Å². The number of ether oxygens (including phenoxy) is 1. The lowest BCUT2D eigenvalue weighted by molar-refractivity contribution is 0.404. The quantitative estimate of drug-likeness (QED) is 0.717. The second-order valence-corrected chi connectivity index (χ2v) is 5.98. The first-order valence-corrected chi connectivity index (χ1v) is 7.70. The predicted molar refractivity (Wildman–Crippen MR) is 81.0 cm³/mol. The molecule has 0 aromatic heterocycles. The Morgan fingerprint density at radius 1 is 1.11 bits per heavy atom. The first-order valence-electron chi connectivity index (χ1n) is 6.71. The summed E-state index contributed by atoms with van der Waals surface area (Å²) in [7, 11) is 1.76. The fourth-order valence-corrected chi connectivity index (χ4v) is 3.17. The van der Waals surface area contributed by atoms with Crippen LogP contribution in [0.2, 0.25) is 0 Å². The minimum atomic E-state index is 0.780. The van der Waals surface area contributed by atoms with Crippen molar-refractivity contribution in [3.05, 3.63) is 59.7 Å². The van der Waals surface area contributed by atoms with E-state index >= 15 is 0 Å². The van der Waals surface area contributed by atoms with Gasteiger partial charge >= 0.3 is 0 Å². The van der Waals surface area contributed by atoms with E-state index in [0.717, 1.165) is 17.4 Å². The molecule has 0 saturated heterocycles. The normalized spacial score (nSPS) is 14.4. The highest BCUT2D eigenvalue weighted by atomic mass is 32.2. The van der Waals surface area contributed by atoms with Crippen LogP contribution in [0.4, 0.5) is 0 Å². The van der Waals surface area contributed by atoms with Gasteiger partial charge in [0.2, 0.25) is 0 Å². The molecule has 1 fully saturated rings. The van der Waals surface area contributed by atoms with Gasteiger partial charge in [-0.3, -0.25) is 0 Å². The van der Waals surface area contributed by atoms with E-state index in [2.05, 4.69) is 48.5 Å². The van der Waals surface area contributed by atoms with E-state index in [9.17, 15) is 0 Å². The summed E-state index contributed by atoms with van der Waals surface area (Å²) in [4.78, 5) is 1.23. The Balaban J connectivity index is 1.73. The molecule has 0 heterocycles. The Labute approximate surface area is 119 Å². The van der Waals surface area contributed by atoms with Crippen LogP contribution in [-0.4, -0.2) is 7.11 Å². The Bertz CT molecular complexity index is 546. The summed E-state index contributed by atoms with van der Waals surface area (Å²) in [5.74, 6) is 2.78. The summed E-state index contributed by atoms with van der Waals surface area (Å²) in [6.07, 6.45) is 2.67. The topological polar surface area (TPSA) is 9.23 Å². The van der Waals surface area contributed by atoms with Gasteiger partial charge in [0.1, 0.15) is 5.75 Å². The van der Waals surface area contributed by atoms with E-state index in [1.165, 1.54) is 28.9 Å². The highest BCUT2D eigenvalue weighted by Crippen LogP contribution is 2.43. The van der Waals surface area contributed by atoms with E-state index in [1.54, 1.807) is 7.11 Å². The molecular formula is C17H18OS. The van der Waals surface area contributed by atoms with Gasteiger partial charge in [-0.25, -0.2) is 0 Å². The number of thioether (sulfide) groups is 1. The molecular weight excluding hydrogens is 252 g/mol. The standard InChI is InChI=1S/C17H18OS/c1-18-16-11-15(14-7-8-14)9-10-17(16)19-12-13-5-3-2-4-6-13/h2-6,9-11,14H,7-8,12H2,1H3. The van der Waals surface area contributed by atoms with Crippen LogP contribution in [0.5, 0.6) is 5.75 Å². The van der Waals surface area contributed by atoms with E-state index in [1.807, 2.05) is 11.8 Å². The van der Waals surface area contributed by atoms with Gasteiger partial charge in [-0.2, -0.15) is 0 Å². The van der Waals surface area contributed by atoms with Crippen LogP contribution in [0, 0.1) is 0 Å². The maximum absolute atomic E-state index is 5.53. The molecule has 19 heavy (non-hydrogen) atoms. The van der Waals surface area contributed by atoms with Gasteiger partial charge in [-0.1, -0.05) is 36.4 Å². The SMILES string of the molecule is COc1cc(C2CC2)ccc1SCc1ccccc1. The van der Waals surface area contributed by atoms with Crippen LogP contribution in [0.3, 0.4) is 0 Å². The summed E-state index contributed by atoms with van der Waals surface area (Å²) < 4.78 is 5.53. The van der Waals surface area contributed by atoms with Gasteiger partial charge in [0.15, 0.2) is 0 Å². The molecule has 1 aliphatic carbocycles. The van der Waals surface area contributed by atoms with Gasteiger partial charge in [0.25, 0.3) is 0 Å². The smallest absolute Gasteiger partial charge is 0.132 e. The molecule has 2 heteroatoms. The van der Waals surface area contributed by atoms with E-state index in [4.69, 9.17) is 4.74 Å². The largest absolute Gasteiger partial charge is 0.496 e. The first kappa shape index (κ1) is 12.6. The van der Waals surface area contributed by atoms with Crippen molar-refractivity contribution in [1.82, 2.24) is 0 Å². The fourth-order valence-electron chi connectivity index (χ4n) is 2.21. The second-order valence-electron chi connectivity index (χ2n) is 4.96. The molecule has 0 spiro atoms. The van der Waals surface area contributed by atoms with Crippen molar-refractivity contribution in [2.24, 2.45) is 0 Å². The van der Waals surface area contributed by atoms with Crippen molar-refractivity contribution < 1.29 is 4.74 Å². The molecule has 1 saturated carbocycles. The third kappa shape index (κ3) is 3.13. The predicted octanol–water partition coefficient (Wildman–Crippen LogP) is 4.86. The minimum absolute atomic E-state index is 0.780. The third-order valence-electron chi connectivity index (χ3n) is 3.47. The summed E-state index contributed by atoms with van der Waals surface area (Å²) in [5.41, 5.74) is 2.78. The Kier molecular flexibility index (Phi) is 3.79. The van der Waals surface area contributed by atoms with Crippen molar-refractivity contribution >= 4 is 11.8 Å². The molecule has 2 aromatic carbocycles. The molecule has 0 N–H and O–H groups in total. The summed E-state index contributed by atoms with van der Waals surface area (Å²) >= 11 is 1.84. The fraction of sp³-hybridized carbons (Fsp3) is 0.294. The van der Waals surface area contributed by atoms with E-state index < -0.39 is 0 Å². The average Bonchev–Trinajstić information content (AvgIpc) is 3.30. The highest BCUT2D eigenvalue weighted by Gasteiger charge is 2.24. The van der Waals surface area contributed by atoms with Crippen LogP contribution < -0.4 is 4.74 Å². The third-order valence-corrected chi connectivity index (χ3v) is 4.60. The molecule has 2 aromatic rings. The number of benzene rings is 2. The van der Waals surface area contributed by atoms with Crippen molar-refractivity contribution in [1.29, 1.82) is 0 Å². The van der Waals surface area contributed by atoms with Crippen molar-refractivity contribution in [2.75, 3.05) is 7.11 Å². The zero-order valence-corrected chi connectivity index (χ0v) is 12.0. The van der Waals surface area contributed by atoms with Gasteiger partial charge in [-0.05, 0) is 42.0 Å². The Morgan fingerprint density at radius 3 is 2.58 bits per heavy atom. The Morgan fingerprint density at radius 2 is 1.89 bits per heavy atom. The molecule has 0 bridgehead atoms. The van der Waals surface area contributed by atoms with Crippen molar-refractivity contribution in [2.45, 2.75) is 29.4 Å². The van der Waals surface area contributed by atoms with Crippen LogP contribution >= 0.6 is 11.8 Å². The van der Waals surface area contributed by atoms with Gasteiger partial charge in [0, 0.05) is 10.6 Å². The lowest BCUT2D eigenvalue weighted by Crippen LogP contribution is -1.89. The highest BCUT2D eigenvalue weighted by molar-refractivity contribution is 7.98. The lowest BCUT2D eigenvalue weighted by Gasteiger charge is -2.10. The number of methoxy groups -OCH3 is 1. The van der Waals surface area contributed by atoms with Crippen LogP contribution in [0.25, 0.3) is 0 Å². The molecule has 1 aliphatic rings. The van der Waals surface area contributed by atoms with Crippen molar-refractivity contribution in [3.8, 4) is 5.75 Å². The van der Waals surface area contributed by atoms with Crippen molar-refractivity contribution in [3.63, 3.8) is 0 Å². The monoisotopic (exact) mass is 270 g/mol. The van der Waals surface area contributed by atoms with Gasteiger partial charge < -0.3 is 4.74 Å². The van der Waals surface area contributed by atoms with Gasteiger partial charge in [-0.15, -0.1) is 11.8 Å². The summed E-state index contributed by atoms with van der Waals surface area (Å²) in [6.45, 7) is 0. The number of hydrogen-bond acceptors (Lipinski definition) is 2. The molecule has 0 amide bonds. The first-order chi connectivity index (χ1) is 9.36. The van der Waals surface area contributed by atoms with Crippen LogP contribution in [0.15, 0.2) is 53.4 Å². The number of hydrogen-bond donors (Lipinski definition) is 0. The molecule has 3 rings (SSSR count). The summed E-state index contributed by atoms with van der Waals surface area (Å²) in [6, 6.07) is 17.2. The molecule has 1 nitrogen and oxygen atoms in total. The molecule has 0 aliphatic heterocycles. The minimum Gasteiger partial charge on any atom is -0.496 e. The second kappa shape index (κ2) is 5.70. The molecule has 0 radical (unpaired) electrons. The van der Waals surface area contributed by atoms with Crippen LogP contribution in [-0.2, 0) is 5.75 Å². The van der Waals surface area contributed by atoms with E-state index in [-0.39, 0.29) is 0 Å². The number of rotatable bonds is 5. The molecule has 98 valence electrons. The zero-order chi connectivity index (χ0) is 13.1. The van der Waals surface area contributed by atoms with Gasteiger partial charge in [0.05, 0.1) is 7.11 Å². The zero-order valence-electron chi connectivity index (χ0n) is 11.1. The molecule has 0 unspecified atom stereocenters. The molecule has 0 atom stereocenters. The lowest BCUT2D eigenvalue weighted by atomic mass is 10.1. The van der Waals surface area contributed by atoms with Crippen LogP contribution in [0.1, 0.15) is 29.9 Å².